The summed E-state index contributed by atoms with van der Waals surface area (Å²) in [5.41, 5.74) is 2.25. The van der Waals surface area contributed by atoms with Crippen molar-refractivity contribution in [3.05, 3.63) is 29.3 Å². The maximum atomic E-state index is 11.8. The molecule has 1 aliphatic heterocycles. The van der Waals surface area contributed by atoms with Gasteiger partial charge in [-0.25, -0.2) is 0 Å². The molecule has 1 fully saturated rings. The summed E-state index contributed by atoms with van der Waals surface area (Å²) >= 11 is 0. The Labute approximate surface area is 167 Å². The molecule has 1 atom stereocenters. The van der Waals surface area contributed by atoms with Crippen molar-refractivity contribution in [1.82, 2.24) is 15.5 Å². The first-order chi connectivity index (χ1) is 11.6. The topological polar surface area (TPSA) is 66.0 Å². The summed E-state index contributed by atoms with van der Waals surface area (Å²) in [5, 5.41) is 6.72. The number of aryl methyl sites for hydroxylation is 1. The van der Waals surface area contributed by atoms with Crippen LogP contribution in [0.15, 0.2) is 23.2 Å². The van der Waals surface area contributed by atoms with Gasteiger partial charge in [-0.3, -0.25) is 9.79 Å². The second-order valence-corrected chi connectivity index (χ2v) is 6.05. The Morgan fingerprint density at radius 2 is 2.20 bits per heavy atom. The number of nitrogens with zero attached hydrogens (tertiary/aromatic N) is 2. The van der Waals surface area contributed by atoms with Crippen molar-refractivity contribution in [3.63, 3.8) is 0 Å². The minimum absolute atomic E-state index is 0. The van der Waals surface area contributed by atoms with Gasteiger partial charge in [0.1, 0.15) is 5.75 Å². The largest absolute Gasteiger partial charge is 0.496 e. The van der Waals surface area contributed by atoms with Gasteiger partial charge in [-0.1, -0.05) is 19.1 Å². The lowest BCUT2D eigenvalue weighted by molar-refractivity contribution is -0.129. The first-order valence-electron chi connectivity index (χ1n) is 8.45. The zero-order chi connectivity index (χ0) is 17.5. The van der Waals surface area contributed by atoms with E-state index in [9.17, 15) is 4.79 Å². The number of carbonyl (C=O) groups is 1. The molecule has 140 valence electrons. The average Bonchev–Trinajstić information content (AvgIpc) is 3.07. The smallest absolute Gasteiger partial charge is 0.222 e. The van der Waals surface area contributed by atoms with Crippen LogP contribution in [0.3, 0.4) is 0 Å². The number of nitrogens with one attached hydrogen (secondary N) is 2. The maximum Gasteiger partial charge on any atom is 0.222 e. The number of halogens is 1. The highest BCUT2D eigenvalue weighted by Gasteiger charge is 2.25. The molecule has 2 rings (SSSR count). The van der Waals surface area contributed by atoms with E-state index in [4.69, 9.17) is 4.74 Å². The number of carbonyl (C=O) groups excluding carboxylic acids is 1. The molecule has 1 aromatic rings. The number of hydrogen-bond donors (Lipinski definition) is 2. The minimum Gasteiger partial charge on any atom is -0.496 e. The van der Waals surface area contributed by atoms with Crippen LogP contribution in [0.4, 0.5) is 0 Å². The predicted molar refractivity (Wildman–Crippen MR) is 112 cm³/mol. The SMILES string of the molecule is CCC(=O)N1CCC(NC(=NC)NCc2ccc(C)c(OC)c2)C1.I. The molecule has 1 unspecified atom stereocenters. The maximum absolute atomic E-state index is 11.8. The Kier molecular flexibility index (Phi) is 9.02. The van der Waals surface area contributed by atoms with Crippen LogP contribution in [0, 0.1) is 6.92 Å². The second kappa shape index (κ2) is 10.5. The van der Waals surface area contributed by atoms with Crippen molar-refractivity contribution >= 4 is 35.8 Å². The zero-order valence-corrected chi connectivity index (χ0v) is 17.8. The van der Waals surface area contributed by atoms with Crippen LogP contribution in [0.2, 0.25) is 0 Å². The number of amides is 1. The van der Waals surface area contributed by atoms with Crippen molar-refractivity contribution < 1.29 is 9.53 Å². The van der Waals surface area contributed by atoms with Crippen LogP contribution in [-0.2, 0) is 11.3 Å². The van der Waals surface area contributed by atoms with Crippen molar-refractivity contribution in [3.8, 4) is 5.75 Å². The van der Waals surface area contributed by atoms with Gasteiger partial charge in [0.15, 0.2) is 5.96 Å². The molecule has 1 amide bonds. The molecule has 0 aromatic heterocycles. The van der Waals surface area contributed by atoms with Gasteiger partial charge < -0.3 is 20.3 Å². The summed E-state index contributed by atoms with van der Waals surface area (Å²) in [5.74, 6) is 1.86. The molecule has 0 radical (unpaired) electrons. The highest BCUT2D eigenvalue weighted by atomic mass is 127. The summed E-state index contributed by atoms with van der Waals surface area (Å²) in [6, 6.07) is 6.42. The van der Waals surface area contributed by atoms with E-state index in [0.29, 0.717) is 13.0 Å². The standard InChI is InChI=1S/C18H28N4O2.HI/c1-5-17(23)22-9-8-15(12-22)21-18(19-3)20-11-14-7-6-13(2)16(10-14)24-4;/h6-7,10,15H,5,8-9,11-12H2,1-4H3,(H2,19,20,21);1H. The highest BCUT2D eigenvalue weighted by Crippen LogP contribution is 2.18. The van der Waals surface area contributed by atoms with Gasteiger partial charge in [0.25, 0.3) is 0 Å². The number of aliphatic imine (C=N–C) groups is 1. The Morgan fingerprint density at radius 3 is 2.84 bits per heavy atom. The molecular weight excluding hydrogens is 431 g/mol. The van der Waals surface area contributed by atoms with Crippen LogP contribution in [0.1, 0.15) is 30.9 Å². The molecule has 6 nitrogen and oxygen atoms in total. The molecule has 0 spiro atoms. The molecular formula is C18H29IN4O2. The number of benzene rings is 1. The predicted octanol–water partition coefficient (Wildman–Crippen LogP) is 2.30. The molecule has 1 aromatic carbocycles. The summed E-state index contributed by atoms with van der Waals surface area (Å²) in [7, 11) is 3.44. The highest BCUT2D eigenvalue weighted by molar-refractivity contribution is 14.0. The third kappa shape index (κ3) is 6.05. The fourth-order valence-corrected chi connectivity index (χ4v) is 2.88. The van der Waals surface area contributed by atoms with Crippen LogP contribution in [0.25, 0.3) is 0 Å². The molecule has 0 bridgehead atoms. The van der Waals surface area contributed by atoms with Gasteiger partial charge in [0.2, 0.25) is 5.91 Å². The monoisotopic (exact) mass is 460 g/mol. The van der Waals surface area contributed by atoms with E-state index in [1.165, 1.54) is 0 Å². The quantitative estimate of drug-likeness (QED) is 0.402. The lowest BCUT2D eigenvalue weighted by atomic mass is 10.1. The van der Waals surface area contributed by atoms with Crippen LogP contribution >= 0.6 is 24.0 Å². The normalized spacial score (nSPS) is 17.0. The minimum atomic E-state index is 0. The lowest BCUT2D eigenvalue weighted by Gasteiger charge is -2.19. The number of methoxy groups -OCH3 is 1. The number of hydrogen-bond acceptors (Lipinski definition) is 3. The third-order valence-corrected chi connectivity index (χ3v) is 4.34. The van der Waals surface area contributed by atoms with E-state index in [-0.39, 0.29) is 35.9 Å². The van der Waals surface area contributed by atoms with Gasteiger partial charge in [0.05, 0.1) is 7.11 Å². The van der Waals surface area contributed by atoms with Gasteiger partial charge in [-0.15, -0.1) is 24.0 Å². The molecule has 7 heteroatoms. The summed E-state index contributed by atoms with van der Waals surface area (Å²) in [4.78, 5) is 17.9. The van der Waals surface area contributed by atoms with Gasteiger partial charge in [-0.2, -0.15) is 0 Å². The van der Waals surface area contributed by atoms with E-state index < -0.39 is 0 Å². The van der Waals surface area contributed by atoms with E-state index in [0.717, 1.165) is 42.3 Å². The molecule has 2 N–H and O–H groups in total. The molecule has 0 saturated carbocycles. The van der Waals surface area contributed by atoms with Crippen molar-refractivity contribution in [2.45, 2.75) is 39.3 Å². The van der Waals surface area contributed by atoms with E-state index in [1.54, 1.807) is 14.2 Å². The van der Waals surface area contributed by atoms with Crippen molar-refractivity contribution in [2.75, 3.05) is 27.2 Å². The lowest BCUT2D eigenvalue weighted by Crippen LogP contribution is -2.44. The van der Waals surface area contributed by atoms with E-state index in [2.05, 4.69) is 27.8 Å². The molecule has 25 heavy (non-hydrogen) atoms. The Hall–Kier alpha value is -1.51. The fourth-order valence-electron chi connectivity index (χ4n) is 2.88. The molecule has 1 heterocycles. The Balaban J connectivity index is 0.00000312. The number of ether oxygens (including phenoxy) is 1. The number of likely N-dealkylation sites (tertiary alicyclic amines) is 1. The van der Waals surface area contributed by atoms with Crippen LogP contribution < -0.4 is 15.4 Å². The van der Waals surface area contributed by atoms with E-state index in [1.807, 2.05) is 24.8 Å². The van der Waals surface area contributed by atoms with Gasteiger partial charge >= 0.3 is 0 Å². The van der Waals surface area contributed by atoms with Gasteiger partial charge in [0, 0.05) is 39.1 Å². The molecule has 1 saturated heterocycles. The molecule has 1 aliphatic rings. The van der Waals surface area contributed by atoms with Crippen molar-refractivity contribution in [1.29, 1.82) is 0 Å². The number of rotatable bonds is 5. The summed E-state index contributed by atoms with van der Waals surface area (Å²) in [6.45, 7) is 6.16. The fraction of sp³-hybridized carbons (Fsp3) is 0.556. The van der Waals surface area contributed by atoms with Crippen LogP contribution in [0.5, 0.6) is 5.75 Å². The Morgan fingerprint density at radius 1 is 1.44 bits per heavy atom. The van der Waals surface area contributed by atoms with Crippen LogP contribution in [-0.4, -0.2) is 50.1 Å². The zero-order valence-electron chi connectivity index (χ0n) is 15.5. The van der Waals surface area contributed by atoms with E-state index >= 15 is 0 Å². The second-order valence-electron chi connectivity index (χ2n) is 6.05. The Bertz CT molecular complexity index is 607. The summed E-state index contributed by atoms with van der Waals surface area (Å²) < 4.78 is 5.36. The first-order valence-corrected chi connectivity index (χ1v) is 8.45. The first kappa shape index (κ1) is 21.5. The number of guanidine groups is 1. The van der Waals surface area contributed by atoms with Gasteiger partial charge in [-0.05, 0) is 30.5 Å². The average molecular weight is 460 g/mol. The summed E-state index contributed by atoms with van der Waals surface area (Å²) in [6.07, 6.45) is 1.51. The van der Waals surface area contributed by atoms with Crippen molar-refractivity contribution in [2.24, 2.45) is 4.99 Å². The molecule has 0 aliphatic carbocycles. The third-order valence-electron chi connectivity index (χ3n) is 4.34.